The van der Waals surface area contributed by atoms with Crippen molar-refractivity contribution >= 4 is 15.8 Å². The van der Waals surface area contributed by atoms with E-state index in [0.717, 1.165) is 17.7 Å². The Bertz CT molecular complexity index is 944. The molecule has 2 rings (SSSR count). The number of oxime groups is 1. The maximum atomic E-state index is 12.7. The summed E-state index contributed by atoms with van der Waals surface area (Å²) in [4.78, 5) is -0.191. The number of benzene rings is 2. The number of nitrogens with zero attached hydrogens (tertiary/aromatic N) is 2. The lowest BCUT2D eigenvalue weighted by Crippen LogP contribution is -2.09. The first kappa shape index (κ1) is 18.5. The van der Waals surface area contributed by atoms with Gasteiger partial charge in [0.2, 0.25) is 0 Å². The van der Waals surface area contributed by atoms with Gasteiger partial charge in [0.1, 0.15) is 11.0 Å². The van der Waals surface area contributed by atoms with Crippen molar-refractivity contribution in [3.8, 4) is 6.07 Å². The number of nitriles is 1. The summed E-state index contributed by atoms with van der Waals surface area (Å²) in [6.45, 7) is 1.76. The highest BCUT2D eigenvalue weighted by atomic mass is 32.2. The van der Waals surface area contributed by atoms with Crippen LogP contribution in [0.25, 0.3) is 0 Å². The highest BCUT2D eigenvalue weighted by molar-refractivity contribution is 7.86. The summed E-state index contributed by atoms with van der Waals surface area (Å²) in [5.41, 5.74) is -0.975. The van der Waals surface area contributed by atoms with Crippen molar-refractivity contribution in [2.24, 2.45) is 5.16 Å². The average molecular weight is 368 g/mol. The largest absolute Gasteiger partial charge is 0.416 e. The van der Waals surface area contributed by atoms with E-state index in [4.69, 9.17) is 5.26 Å². The molecule has 0 N–H and O–H groups in total. The minimum atomic E-state index is -4.61. The van der Waals surface area contributed by atoms with Crippen molar-refractivity contribution in [2.75, 3.05) is 0 Å². The Balaban J connectivity index is 2.32. The Morgan fingerprint density at radius 2 is 1.80 bits per heavy atom. The van der Waals surface area contributed by atoms with Crippen LogP contribution in [-0.4, -0.2) is 14.1 Å². The van der Waals surface area contributed by atoms with Gasteiger partial charge in [-0.15, -0.1) is 0 Å². The average Bonchev–Trinajstić information content (AvgIpc) is 2.55. The minimum Gasteiger partial charge on any atom is -0.263 e. The number of hydrogen-bond donors (Lipinski definition) is 0. The number of aryl methyl sites for hydroxylation is 1. The quantitative estimate of drug-likeness (QED) is 0.610. The third-order valence-electron chi connectivity index (χ3n) is 3.11. The topological polar surface area (TPSA) is 79.5 Å². The molecule has 25 heavy (non-hydrogen) atoms. The Morgan fingerprint density at radius 3 is 2.36 bits per heavy atom. The Hall–Kier alpha value is -2.86. The number of rotatable bonds is 4. The van der Waals surface area contributed by atoms with Crippen molar-refractivity contribution in [2.45, 2.75) is 18.0 Å². The lowest BCUT2D eigenvalue weighted by atomic mass is 10.1. The van der Waals surface area contributed by atoms with Crippen LogP contribution in [-0.2, 0) is 20.6 Å². The summed E-state index contributed by atoms with van der Waals surface area (Å²) in [6.07, 6.45) is -4.61. The molecule has 0 aliphatic heterocycles. The Kier molecular flexibility index (Phi) is 5.13. The van der Waals surface area contributed by atoms with Crippen LogP contribution in [0.1, 0.15) is 16.7 Å². The first-order valence-corrected chi connectivity index (χ1v) is 8.20. The van der Waals surface area contributed by atoms with Crippen LogP contribution in [0.5, 0.6) is 0 Å². The van der Waals surface area contributed by atoms with Crippen LogP contribution in [0.2, 0.25) is 0 Å². The summed E-state index contributed by atoms with van der Waals surface area (Å²) in [7, 11) is -4.29. The fourth-order valence-electron chi connectivity index (χ4n) is 1.81. The van der Waals surface area contributed by atoms with E-state index >= 15 is 0 Å². The molecule has 0 atom stereocenters. The minimum absolute atomic E-state index is 0.191. The summed E-state index contributed by atoms with van der Waals surface area (Å²) in [5.74, 6) is 0. The van der Waals surface area contributed by atoms with Crippen molar-refractivity contribution < 1.29 is 25.9 Å². The highest BCUT2D eigenvalue weighted by Crippen LogP contribution is 2.29. The maximum Gasteiger partial charge on any atom is 0.416 e. The molecule has 130 valence electrons. The molecule has 0 heterocycles. The second-order valence-electron chi connectivity index (χ2n) is 4.97. The van der Waals surface area contributed by atoms with Gasteiger partial charge in [-0.05, 0) is 31.2 Å². The van der Waals surface area contributed by atoms with Crippen molar-refractivity contribution in [3.05, 3.63) is 65.2 Å². The zero-order valence-electron chi connectivity index (χ0n) is 12.8. The zero-order valence-corrected chi connectivity index (χ0v) is 13.6. The molecule has 0 fully saturated rings. The Labute approximate surface area is 142 Å². The van der Waals surface area contributed by atoms with Gasteiger partial charge in [0, 0.05) is 5.56 Å². The fraction of sp³-hybridized carbons (Fsp3) is 0.125. The van der Waals surface area contributed by atoms with Crippen LogP contribution < -0.4 is 0 Å². The van der Waals surface area contributed by atoms with Gasteiger partial charge in [-0.2, -0.15) is 26.9 Å². The fourth-order valence-corrected chi connectivity index (χ4v) is 2.54. The van der Waals surface area contributed by atoms with Gasteiger partial charge in [0.25, 0.3) is 0 Å². The number of halogens is 3. The predicted molar refractivity (Wildman–Crippen MR) is 83.0 cm³/mol. The molecule has 0 saturated heterocycles. The van der Waals surface area contributed by atoms with E-state index in [2.05, 4.69) is 9.44 Å². The number of alkyl halides is 3. The van der Waals surface area contributed by atoms with E-state index in [1.165, 1.54) is 36.4 Å². The predicted octanol–water partition coefficient (Wildman–Crippen LogP) is 3.65. The van der Waals surface area contributed by atoms with Crippen molar-refractivity contribution in [1.29, 1.82) is 5.26 Å². The normalized spacial score (nSPS) is 12.5. The van der Waals surface area contributed by atoms with Gasteiger partial charge in [-0.25, -0.2) is 0 Å². The third-order valence-corrected chi connectivity index (χ3v) is 4.23. The molecule has 0 aliphatic rings. The second kappa shape index (κ2) is 6.94. The molecule has 0 saturated carbocycles. The van der Waals surface area contributed by atoms with Gasteiger partial charge < -0.3 is 0 Å². The first-order valence-electron chi connectivity index (χ1n) is 6.79. The third kappa shape index (κ3) is 4.58. The summed E-state index contributed by atoms with van der Waals surface area (Å²) in [5, 5.41) is 12.2. The van der Waals surface area contributed by atoms with E-state index in [1.54, 1.807) is 6.92 Å². The molecule has 2 aromatic rings. The van der Waals surface area contributed by atoms with Crippen LogP contribution in [0.4, 0.5) is 13.2 Å². The van der Waals surface area contributed by atoms with E-state index in [-0.39, 0.29) is 10.5 Å². The molecule has 5 nitrogen and oxygen atoms in total. The van der Waals surface area contributed by atoms with Crippen LogP contribution >= 0.6 is 0 Å². The molecular formula is C16H11F3N2O3S. The number of hydrogen-bond acceptors (Lipinski definition) is 5. The summed E-state index contributed by atoms with van der Waals surface area (Å²) < 4.78 is 66.6. The van der Waals surface area contributed by atoms with E-state index < -0.39 is 27.6 Å². The van der Waals surface area contributed by atoms with Crippen LogP contribution in [0.15, 0.2) is 58.6 Å². The molecule has 0 amide bonds. The standard InChI is InChI=1S/C16H11F3N2O3S/c1-11-5-7-14(8-6-11)25(22,23)24-21-15(10-20)12-3-2-4-13(9-12)16(17,18)19/h2-9H,1H3/b21-15+. The van der Waals surface area contributed by atoms with Gasteiger partial charge in [0.05, 0.1) is 5.56 Å². The molecule has 0 radical (unpaired) electrons. The Morgan fingerprint density at radius 1 is 1.16 bits per heavy atom. The zero-order chi connectivity index (χ0) is 18.7. The molecule has 0 aliphatic carbocycles. The monoisotopic (exact) mass is 368 g/mol. The second-order valence-corrected chi connectivity index (χ2v) is 6.50. The maximum absolute atomic E-state index is 12.7. The first-order chi connectivity index (χ1) is 11.6. The lowest BCUT2D eigenvalue weighted by Gasteiger charge is -2.07. The van der Waals surface area contributed by atoms with E-state index in [0.29, 0.717) is 6.07 Å². The van der Waals surface area contributed by atoms with Gasteiger partial charge in [0.15, 0.2) is 5.71 Å². The van der Waals surface area contributed by atoms with E-state index in [9.17, 15) is 21.6 Å². The molecule has 0 spiro atoms. The highest BCUT2D eigenvalue weighted by Gasteiger charge is 2.30. The summed E-state index contributed by atoms with van der Waals surface area (Å²) in [6, 6.07) is 11.0. The van der Waals surface area contributed by atoms with E-state index in [1.807, 2.05) is 0 Å². The van der Waals surface area contributed by atoms with Gasteiger partial charge in [-0.3, -0.25) is 4.28 Å². The SMILES string of the molecule is Cc1ccc(S(=O)(=O)O/N=C(\C#N)c2cccc(C(F)(F)F)c2)cc1. The molecule has 2 aromatic carbocycles. The van der Waals surface area contributed by atoms with Crippen LogP contribution in [0, 0.1) is 18.3 Å². The molecule has 0 bridgehead atoms. The van der Waals surface area contributed by atoms with Gasteiger partial charge >= 0.3 is 16.3 Å². The lowest BCUT2D eigenvalue weighted by molar-refractivity contribution is -0.137. The van der Waals surface area contributed by atoms with Crippen molar-refractivity contribution in [3.63, 3.8) is 0 Å². The smallest absolute Gasteiger partial charge is 0.263 e. The summed E-state index contributed by atoms with van der Waals surface area (Å²) >= 11 is 0. The molecule has 0 aromatic heterocycles. The molecular weight excluding hydrogens is 357 g/mol. The van der Waals surface area contributed by atoms with Crippen LogP contribution in [0.3, 0.4) is 0 Å². The molecule has 9 heteroatoms. The van der Waals surface area contributed by atoms with Crippen molar-refractivity contribution in [1.82, 2.24) is 0 Å². The molecule has 0 unspecified atom stereocenters. The van der Waals surface area contributed by atoms with Gasteiger partial charge in [-0.1, -0.05) is 35.0 Å².